The van der Waals surface area contributed by atoms with E-state index in [0.717, 1.165) is 24.3 Å². The lowest BCUT2D eigenvalue weighted by Crippen LogP contribution is -2.32. The lowest BCUT2D eigenvalue weighted by Gasteiger charge is -2.22. The third-order valence-corrected chi connectivity index (χ3v) is 6.44. The van der Waals surface area contributed by atoms with Gasteiger partial charge in [0.1, 0.15) is 0 Å². The second-order valence-electron chi connectivity index (χ2n) is 6.58. The summed E-state index contributed by atoms with van der Waals surface area (Å²) in [6, 6.07) is 9.89. The van der Waals surface area contributed by atoms with Crippen molar-refractivity contribution in [2.45, 2.75) is 36.5 Å². The Bertz CT molecular complexity index is 951. The van der Waals surface area contributed by atoms with E-state index < -0.39 is 21.8 Å². The lowest BCUT2D eigenvalue weighted by atomic mass is 10.1. The molecule has 0 unspecified atom stereocenters. The zero-order chi connectivity index (χ0) is 20.5. The van der Waals surface area contributed by atoms with Crippen molar-refractivity contribution < 1.29 is 26.4 Å². The molecule has 1 N–H and O–H groups in total. The van der Waals surface area contributed by atoms with E-state index in [4.69, 9.17) is 0 Å². The molecule has 0 bridgehead atoms. The van der Waals surface area contributed by atoms with Crippen molar-refractivity contribution in [3.63, 3.8) is 0 Å². The topological polar surface area (TPSA) is 66.5 Å². The zero-order valence-electron chi connectivity index (χ0n) is 15.0. The van der Waals surface area contributed by atoms with Crippen molar-refractivity contribution in [1.82, 2.24) is 9.62 Å². The van der Waals surface area contributed by atoms with Gasteiger partial charge in [0.05, 0.1) is 10.5 Å². The van der Waals surface area contributed by atoms with Crippen molar-refractivity contribution in [2.24, 2.45) is 0 Å². The number of sulfonamides is 1. The normalized spacial score (nSPS) is 14.9. The molecule has 0 aromatic heterocycles. The number of halogens is 3. The second-order valence-corrected chi connectivity index (χ2v) is 8.47. The molecule has 2 aromatic rings. The van der Waals surface area contributed by atoms with Crippen LogP contribution in [0, 0.1) is 0 Å². The van der Waals surface area contributed by atoms with Gasteiger partial charge in [-0.25, -0.2) is 8.42 Å². The Labute approximate surface area is 161 Å². The van der Waals surface area contributed by atoms with E-state index in [0.29, 0.717) is 24.0 Å². The summed E-state index contributed by atoms with van der Waals surface area (Å²) in [5.74, 6) is -0.247. The van der Waals surface area contributed by atoms with Gasteiger partial charge in [0.15, 0.2) is 0 Å². The summed E-state index contributed by atoms with van der Waals surface area (Å²) in [7, 11) is -2.43. The van der Waals surface area contributed by atoms with Gasteiger partial charge in [0.25, 0.3) is 5.91 Å². The number of carbonyl (C=O) groups is 1. The fourth-order valence-electron chi connectivity index (χ4n) is 2.81. The maximum atomic E-state index is 13.0. The second kappa shape index (κ2) is 7.56. The molecule has 0 saturated heterocycles. The van der Waals surface area contributed by atoms with Crippen LogP contribution in [0.15, 0.2) is 53.4 Å². The minimum Gasteiger partial charge on any atom is -0.355 e. The molecule has 9 heteroatoms. The van der Waals surface area contributed by atoms with E-state index in [1.165, 1.54) is 11.4 Å². The summed E-state index contributed by atoms with van der Waals surface area (Å²) < 4.78 is 65.5. The van der Waals surface area contributed by atoms with E-state index in [9.17, 15) is 26.4 Å². The molecule has 0 atom stereocenters. The zero-order valence-corrected chi connectivity index (χ0v) is 15.8. The number of hydrogen-bond donors (Lipinski definition) is 1. The Morgan fingerprint density at radius 3 is 2.11 bits per heavy atom. The minimum atomic E-state index is -4.52. The monoisotopic (exact) mass is 412 g/mol. The summed E-state index contributed by atoms with van der Waals surface area (Å²) in [5, 5.41) is 2.51. The molecular formula is C19H19F3N2O3S. The van der Waals surface area contributed by atoms with Gasteiger partial charge in [-0.2, -0.15) is 17.5 Å². The molecule has 0 radical (unpaired) electrons. The predicted octanol–water partition coefficient (Wildman–Crippen LogP) is 3.42. The highest BCUT2D eigenvalue weighted by atomic mass is 32.2. The van der Waals surface area contributed by atoms with Gasteiger partial charge >= 0.3 is 6.18 Å². The standard InChI is InChI=1S/C19H19F3N2O3S/c1-23-18(25)14-4-2-13(3-5-14)12-24(16-8-9-16)28(26,27)17-10-6-15(7-11-17)19(20,21)22/h2-7,10-11,16H,8-9,12H2,1H3,(H,23,25). The molecule has 1 saturated carbocycles. The van der Waals surface area contributed by atoms with Gasteiger partial charge in [-0.3, -0.25) is 4.79 Å². The van der Waals surface area contributed by atoms with E-state index >= 15 is 0 Å². The smallest absolute Gasteiger partial charge is 0.355 e. The summed E-state index contributed by atoms with van der Waals surface area (Å²) in [5.41, 5.74) is 0.249. The minimum absolute atomic E-state index is 0.0854. The van der Waals surface area contributed by atoms with Crippen molar-refractivity contribution in [3.8, 4) is 0 Å². The highest BCUT2D eigenvalue weighted by Gasteiger charge is 2.38. The van der Waals surface area contributed by atoms with Gasteiger partial charge in [-0.15, -0.1) is 0 Å². The third-order valence-electron chi connectivity index (χ3n) is 4.52. The van der Waals surface area contributed by atoms with Crippen molar-refractivity contribution in [2.75, 3.05) is 7.05 Å². The summed E-state index contributed by atoms with van der Waals surface area (Å²) in [6.07, 6.45) is -3.11. The lowest BCUT2D eigenvalue weighted by molar-refractivity contribution is -0.137. The first-order valence-corrected chi connectivity index (χ1v) is 10.1. The number of carbonyl (C=O) groups excluding carboxylic acids is 1. The average Bonchev–Trinajstić information content (AvgIpc) is 3.50. The van der Waals surface area contributed by atoms with Crippen LogP contribution in [0.3, 0.4) is 0 Å². The van der Waals surface area contributed by atoms with Gasteiger partial charge in [-0.05, 0) is 54.8 Å². The van der Waals surface area contributed by atoms with E-state index in [1.807, 2.05) is 0 Å². The number of alkyl halides is 3. The molecule has 1 amide bonds. The number of hydrogen-bond acceptors (Lipinski definition) is 3. The average molecular weight is 412 g/mol. The van der Waals surface area contributed by atoms with Crippen LogP contribution in [-0.2, 0) is 22.7 Å². The number of nitrogens with zero attached hydrogens (tertiary/aromatic N) is 1. The molecule has 2 aromatic carbocycles. The van der Waals surface area contributed by atoms with Crippen LogP contribution in [0.4, 0.5) is 13.2 Å². The SMILES string of the molecule is CNC(=O)c1ccc(CN(C2CC2)S(=O)(=O)c2ccc(C(F)(F)F)cc2)cc1. The van der Waals surface area contributed by atoms with Crippen LogP contribution < -0.4 is 5.32 Å². The summed E-state index contributed by atoms with van der Waals surface area (Å²) >= 11 is 0. The molecule has 1 aliphatic rings. The Balaban J connectivity index is 1.84. The quantitative estimate of drug-likeness (QED) is 0.791. The number of nitrogens with one attached hydrogen (secondary N) is 1. The van der Waals surface area contributed by atoms with Gasteiger partial charge < -0.3 is 5.32 Å². The van der Waals surface area contributed by atoms with Gasteiger partial charge in [0.2, 0.25) is 10.0 Å². The van der Waals surface area contributed by atoms with Crippen LogP contribution in [0.2, 0.25) is 0 Å². The number of amides is 1. The van der Waals surface area contributed by atoms with Crippen molar-refractivity contribution >= 4 is 15.9 Å². The molecule has 28 heavy (non-hydrogen) atoms. The highest BCUT2D eigenvalue weighted by Crippen LogP contribution is 2.35. The fourth-order valence-corrected chi connectivity index (χ4v) is 4.48. The molecule has 0 spiro atoms. The Morgan fingerprint density at radius 2 is 1.64 bits per heavy atom. The first-order chi connectivity index (χ1) is 13.1. The fraction of sp³-hybridized carbons (Fsp3) is 0.316. The molecule has 150 valence electrons. The number of rotatable bonds is 6. The van der Waals surface area contributed by atoms with E-state index in [1.54, 1.807) is 24.3 Å². The van der Waals surface area contributed by atoms with Crippen LogP contribution in [-0.4, -0.2) is 31.7 Å². The van der Waals surface area contributed by atoms with Crippen molar-refractivity contribution in [1.29, 1.82) is 0 Å². The molecule has 3 rings (SSSR count). The predicted molar refractivity (Wildman–Crippen MR) is 97.0 cm³/mol. The van der Waals surface area contributed by atoms with Crippen LogP contribution in [0.5, 0.6) is 0 Å². The molecular weight excluding hydrogens is 393 g/mol. The molecule has 1 aliphatic carbocycles. The highest BCUT2D eigenvalue weighted by molar-refractivity contribution is 7.89. The summed E-state index contributed by atoms with van der Waals surface area (Å²) in [6.45, 7) is 0.0854. The Kier molecular flexibility index (Phi) is 5.49. The van der Waals surface area contributed by atoms with Crippen LogP contribution in [0.25, 0.3) is 0 Å². The third kappa shape index (κ3) is 4.36. The maximum Gasteiger partial charge on any atom is 0.416 e. The molecule has 5 nitrogen and oxygen atoms in total. The van der Waals surface area contributed by atoms with Crippen molar-refractivity contribution in [3.05, 3.63) is 65.2 Å². The van der Waals surface area contributed by atoms with Crippen LogP contribution in [0.1, 0.15) is 34.3 Å². The van der Waals surface area contributed by atoms with Crippen LogP contribution >= 0.6 is 0 Å². The first-order valence-electron chi connectivity index (χ1n) is 8.63. The first kappa shape index (κ1) is 20.3. The van der Waals surface area contributed by atoms with E-state index in [-0.39, 0.29) is 23.4 Å². The van der Waals surface area contributed by atoms with Gasteiger partial charge in [0, 0.05) is 25.2 Å². The largest absolute Gasteiger partial charge is 0.416 e. The Hall–Kier alpha value is -2.39. The number of benzene rings is 2. The van der Waals surface area contributed by atoms with E-state index in [2.05, 4.69) is 5.32 Å². The van der Waals surface area contributed by atoms with Gasteiger partial charge in [-0.1, -0.05) is 12.1 Å². The molecule has 0 aliphatic heterocycles. The molecule has 0 heterocycles. The summed E-state index contributed by atoms with van der Waals surface area (Å²) in [4.78, 5) is 11.4. The molecule has 1 fully saturated rings. The maximum absolute atomic E-state index is 13.0. The Morgan fingerprint density at radius 1 is 1.07 bits per heavy atom.